The van der Waals surface area contributed by atoms with Gasteiger partial charge in [0.05, 0.1) is 11.1 Å². The van der Waals surface area contributed by atoms with Gasteiger partial charge in [-0.15, -0.1) is 0 Å². The molecular weight excluding hydrogens is 338 g/mol. The number of aromatic nitrogens is 1. The van der Waals surface area contributed by atoms with Crippen LogP contribution in [0.2, 0.25) is 0 Å². The number of primary amides is 1. The first-order chi connectivity index (χ1) is 13.0. The number of nitrogens with two attached hydrogens (primary N) is 1. The highest BCUT2D eigenvalue weighted by atomic mass is 16.2. The molecule has 0 saturated heterocycles. The van der Waals surface area contributed by atoms with Gasteiger partial charge in [-0.2, -0.15) is 5.26 Å². The van der Waals surface area contributed by atoms with Gasteiger partial charge >= 0.3 is 6.03 Å². The Morgan fingerprint density at radius 3 is 2.63 bits per heavy atom. The van der Waals surface area contributed by atoms with E-state index < -0.39 is 6.03 Å². The van der Waals surface area contributed by atoms with E-state index in [0.29, 0.717) is 24.5 Å². The lowest BCUT2D eigenvalue weighted by atomic mass is 10.1. The molecule has 136 valence electrons. The molecule has 1 heterocycles. The number of nitriles is 1. The number of pyridine rings is 1. The van der Waals surface area contributed by atoms with Gasteiger partial charge in [0.15, 0.2) is 0 Å². The summed E-state index contributed by atoms with van der Waals surface area (Å²) >= 11 is 0. The highest BCUT2D eigenvalue weighted by Gasteiger charge is 2.15. The van der Waals surface area contributed by atoms with Crippen LogP contribution in [-0.4, -0.2) is 24.1 Å². The number of nitrogens with zero attached hydrogens (tertiary/aromatic N) is 3. The summed E-state index contributed by atoms with van der Waals surface area (Å²) in [4.78, 5) is 18.0. The number of anilines is 2. The maximum absolute atomic E-state index is 11.9. The topological polar surface area (TPSA) is 95.0 Å². The number of amides is 2. The number of para-hydroxylation sites is 2. The van der Waals surface area contributed by atoms with Gasteiger partial charge in [-0.25, -0.2) is 9.78 Å². The molecule has 2 aromatic carbocycles. The fraction of sp³-hybridized carbons (Fsp3) is 0.190. The molecule has 1 aromatic heterocycles. The van der Waals surface area contributed by atoms with Crippen molar-refractivity contribution in [3.05, 3.63) is 65.2 Å². The number of hydrogen-bond donors (Lipinski definition) is 2. The van der Waals surface area contributed by atoms with Crippen molar-refractivity contribution in [3.63, 3.8) is 0 Å². The quantitative estimate of drug-likeness (QED) is 0.726. The second kappa shape index (κ2) is 7.75. The molecular formula is C21H21N5O. The summed E-state index contributed by atoms with van der Waals surface area (Å²) in [7, 11) is 0. The highest BCUT2D eigenvalue weighted by Crippen LogP contribution is 2.23. The first kappa shape index (κ1) is 18.2. The summed E-state index contributed by atoms with van der Waals surface area (Å²) in [5.41, 5.74) is 9.66. The maximum Gasteiger partial charge on any atom is 0.319 e. The molecule has 0 radical (unpaired) electrons. The minimum Gasteiger partial charge on any atom is -0.367 e. The lowest BCUT2D eigenvalue weighted by Gasteiger charge is -2.22. The molecule has 0 unspecified atom stereocenters. The van der Waals surface area contributed by atoms with Gasteiger partial charge in [-0.3, -0.25) is 4.90 Å². The molecule has 0 bridgehead atoms. The van der Waals surface area contributed by atoms with Gasteiger partial charge in [-0.1, -0.05) is 36.4 Å². The average Bonchev–Trinajstić information content (AvgIpc) is 2.66. The number of nitrogens with one attached hydrogen (secondary N) is 1. The van der Waals surface area contributed by atoms with Crippen molar-refractivity contribution in [1.82, 2.24) is 4.98 Å². The van der Waals surface area contributed by atoms with Crippen LogP contribution >= 0.6 is 0 Å². The molecule has 0 aliphatic carbocycles. The molecule has 2 amide bonds. The molecule has 0 aliphatic heterocycles. The molecule has 3 aromatic rings. The molecule has 3 rings (SSSR count). The zero-order valence-electron chi connectivity index (χ0n) is 15.4. The number of hydrogen-bond acceptors (Lipinski definition) is 4. The fourth-order valence-electron chi connectivity index (χ4n) is 3.07. The van der Waals surface area contributed by atoms with Gasteiger partial charge in [0, 0.05) is 24.2 Å². The lowest BCUT2D eigenvalue weighted by Crippen LogP contribution is -2.39. The molecule has 3 N–H and O–H groups in total. The van der Waals surface area contributed by atoms with Crippen LogP contribution in [-0.2, 0) is 0 Å². The van der Waals surface area contributed by atoms with Crippen LogP contribution in [0.25, 0.3) is 10.9 Å². The summed E-state index contributed by atoms with van der Waals surface area (Å²) in [5.74, 6) is 0.508. The molecule has 0 atom stereocenters. The summed E-state index contributed by atoms with van der Waals surface area (Å²) in [6.07, 6.45) is 0. The Kier molecular flexibility index (Phi) is 5.23. The van der Waals surface area contributed by atoms with Crippen LogP contribution < -0.4 is 16.0 Å². The number of carbonyl (C=O) groups excluding carboxylic acids is 1. The second-order valence-electron chi connectivity index (χ2n) is 6.35. The number of carbonyl (C=O) groups is 1. The molecule has 0 spiro atoms. The van der Waals surface area contributed by atoms with E-state index in [0.717, 1.165) is 27.7 Å². The smallest absolute Gasteiger partial charge is 0.319 e. The first-order valence-electron chi connectivity index (χ1n) is 8.68. The van der Waals surface area contributed by atoms with Crippen molar-refractivity contribution in [3.8, 4) is 6.07 Å². The number of fused-ring (bicyclic) bond motifs is 1. The van der Waals surface area contributed by atoms with E-state index >= 15 is 0 Å². The van der Waals surface area contributed by atoms with Gasteiger partial charge in [-0.05, 0) is 37.1 Å². The van der Waals surface area contributed by atoms with Crippen LogP contribution in [0.5, 0.6) is 0 Å². The first-order valence-corrected chi connectivity index (χ1v) is 8.68. The summed E-state index contributed by atoms with van der Waals surface area (Å²) in [6, 6.07) is 16.9. The van der Waals surface area contributed by atoms with E-state index in [9.17, 15) is 10.1 Å². The van der Waals surface area contributed by atoms with Gasteiger partial charge in [0.2, 0.25) is 0 Å². The van der Waals surface area contributed by atoms with E-state index in [1.54, 1.807) is 0 Å². The Bertz CT molecular complexity index is 1040. The Morgan fingerprint density at radius 1 is 1.19 bits per heavy atom. The highest BCUT2D eigenvalue weighted by molar-refractivity contribution is 5.91. The molecule has 0 saturated carbocycles. The molecule has 0 fully saturated rings. The third-order valence-corrected chi connectivity index (χ3v) is 4.47. The third kappa shape index (κ3) is 3.82. The second-order valence-corrected chi connectivity index (χ2v) is 6.35. The standard InChI is InChI=1S/C21H21N5O/c1-14-6-3-4-9-18(14)26(21(23)27)11-10-24-20-17(13-22)12-16-8-5-7-15(2)19(16)25-20/h3-9,12H,10-11H2,1-2H3,(H2,23,27)(H,24,25). The van der Waals surface area contributed by atoms with Crippen LogP contribution in [0.1, 0.15) is 16.7 Å². The van der Waals surface area contributed by atoms with Crippen molar-refractivity contribution >= 4 is 28.4 Å². The zero-order chi connectivity index (χ0) is 19.4. The van der Waals surface area contributed by atoms with Gasteiger partial charge in [0.25, 0.3) is 0 Å². The van der Waals surface area contributed by atoms with Crippen LogP contribution in [0, 0.1) is 25.2 Å². The molecule has 0 aliphatic rings. The van der Waals surface area contributed by atoms with E-state index in [1.165, 1.54) is 4.90 Å². The SMILES string of the molecule is Cc1ccccc1N(CCNc1nc2c(C)cccc2cc1C#N)C(N)=O. The number of aryl methyl sites for hydroxylation is 2. The summed E-state index contributed by atoms with van der Waals surface area (Å²) in [6.45, 7) is 4.69. The predicted octanol–water partition coefficient (Wildman–Crippen LogP) is 3.72. The minimum atomic E-state index is -0.520. The van der Waals surface area contributed by atoms with E-state index in [4.69, 9.17) is 5.73 Å². The summed E-state index contributed by atoms with van der Waals surface area (Å²) in [5, 5.41) is 13.5. The Balaban J connectivity index is 1.82. The van der Waals surface area contributed by atoms with Crippen LogP contribution in [0.15, 0.2) is 48.5 Å². The molecule has 6 heteroatoms. The Morgan fingerprint density at radius 2 is 1.93 bits per heavy atom. The Labute approximate surface area is 158 Å². The van der Waals surface area contributed by atoms with Crippen LogP contribution in [0.3, 0.4) is 0 Å². The lowest BCUT2D eigenvalue weighted by molar-refractivity contribution is 0.254. The van der Waals surface area contributed by atoms with E-state index in [-0.39, 0.29) is 0 Å². The molecule has 27 heavy (non-hydrogen) atoms. The van der Waals surface area contributed by atoms with Gasteiger partial charge in [0.1, 0.15) is 11.9 Å². The van der Waals surface area contributed by atoms with E-state index in [2.05, 4.69) is 16.4 Å². The third-order valence-electron chi connectivity index (χ3n) is 4.47. The number of benzene rings is 2. The largest absolute Gasteiger partial charge is 0.367 e. The predicted molar refractivity (Wildman–Crippen MR) is 108 cm³/mol. The molecule has 6 nitrogen and oxygen atoms in total. The average molecular weight is 359 g/mol. The van der Waals surface area contributed by atoms with E-state index in [1.807, 2.05) is 62.4 Å². The fourth-order valence-corrected chi connectivity index (χ4v) is 3.07. The normalized spacial score (nSPS) is 10.4. The van der Waals surface area contributed by atoms with Crippen molar-refractivity contribution in [1.29, 1.82) is 5.26 Å². The zero-order valence-corrected chi connectivity index (χ0v) is 15.4. The number of urea groups is 1. The van der Waals surface area contributed by atoms with Gasteiger partial charge < -0.3 is 11.1 Å². The minimum absolute atomic E-state index is 0.360. The van der Waals surface area contributed by atoms with Crippen molar-refractivity contribution in [2.75, 3.05) is 23.3 Å². The van der Waals surface area contributed by atoms with Crippen molar-refractivity contribution in [2.24, 2.45) is 5.73 Å². The van der Waals surface area contributed by atoms with Crippen molar-refractivity contribution < 1.29 is 4.79 Å². The maximum atomic E-state index is 11.9. The monoisotopic (exact) mass is 359 g/mol. The Hall–Kier alpha value is -3.59. The number of rotatable bonds is 5. The van der Waals surface area contributed by atoms with Crippen LogP contribution in [0.4, 0.5) is 16.3 Å². The summed E-state index contributed by atoms with van der Waals surface area (Å²) < 4.78 is 0. The van der Waals surface area contributed by atoms with Crippen molar-refractivity contribution in [2.45, 2.75) is 13.8 Å².